The van der Waals surface area contributed by atoms with E-state index in [1.807, 2.05) is 18.7 Å². The maximum atomic E-state index is 11.9. The van der Waals surface area contributed by atoms with Gasteiger partial charge in [-0.15, -0.1) is 0 Å². The van der Waals surface area contributed by atoms with Crippen molar-refractivity contribution in [2.75, 3.05) is 13.1 Å². The van der Waals surface area contributed by atoms with Crippen LogP contribution in [-0.4, -0.2) is 42.3 Å². The molecule has 0 aromatic carbocycles. The number of carbonyl (C=O) groups excluding carboxylic acids is 1. The molecule has 0 radical (unpaired) electrons. The summed E-state index contributed by atoms with van der Waals surface area (Å²) < 4.78 is 5.82. The SMILES string of the molecule is CC(C)NC(=O)N1CCCC(OC(C)C)CC1. The van der Waals surface area contributed by atoms with Gasteiger partial charge in [-0.05, 0) is 47.0 Å². The van der Waals surface area contributed by atoms with Crippen LogP contribution in [0.5, 0.6) is 0 Å². The van der Waals surface area contributed by atoms with Crippen molar-refractivity contribution in [2.45, 2.75) is 65.2 Å². The van der Waals surface area contributed by atoms with E-state index in [4.69, 9.17) is 4.74 Å². The molecule has 100 valence electrons. The number of carbonyl (C=O) groups is 1. The fourth-order valence-electron chi connectivity index (χ4n) is 2.13. The molecule has 0 aromatic rings. The number of amides is 2. The molecule has 1 fully saturated rings. The van der Waals surface area contributed by atoms with Crippen molar-refractivity contribution in [1.29, 1.82) is 0 Å². The lowest BCUT2D eigenvalue weighted by Gasteiger charge is -2.23. The van der Waals surface area contributed by atoms with E-state index < -0.39 is 0 Å². The van der Waals surface area contributed by atoms with Crippen LogP contribution in [0.1, 0.15) is 47.0 Å². The molecule has 4 nitrogen and oxygen atoms in total. The Morgan fingerprint density at radius 2 is 1.94 bits per heavy atom. The highest BCUT2D eigenvalue weighted by atomic mass is 16.5. The van der Waals surface area contributed by atoms with E-state index in [1.165, 1.54) is 0 Å². The summed E-state index contributed by atoms with van der Waals surface area (Å²) in [5, 5.41) is 2.94. The summed E-state index contributed by atoms with van der Waals surface area (Å²) in [4.78, 5) is 13.8. The molecule has 4 heteroatoms. The van der Waals surface area contributed by atoms with E-state index in [1.54, 1.807) is 0 Å². The second-order valence-electron chi connectivity index (χ2n) is 5.33. The van der Waals surface area contributed by atoms with Gasteiger partial charge in [0, 0.05) is 19.1 Å². The van der Waals surface area contributed by atoms with E-state index >= 15 is 0 Å². The predicted molar refractivity (Wildman–Crippen MR) is 69.1 cm³/mol. The van der Waals surface area contributed by atoms with Crippen LogP contribution in [0.2, 0.25) is 0 Å². The molecule has 2 amide bonds. The quantitative estimate of drug-likeness (QED) is 0.825. The van der Waals surface area contributed by atoms with Crippen LogP contribution < -0.4 is 5.32 Å². The largest absolute Gasteiger partial charge is 0.375 e. The first kappa shape index (κ1) is 14.3. The predicted octanol–water partition coefficient (Wildman–Crippen LogP) is 2.38. The molecular formula is C13H26N2O2. The van der Waals surface area contributed by atoms with Crippen LogP contribution in [0.4, 0.5) is 4.79 Å². The standard InChI is InChI=1S/C13H26N2O2/c1-10(2)14-13(16)15-8-5-6-12(7-9-15)17-11(3)4/h10-12H,5-9H2,1-4H3,(H,14,16). The third-order valence-corrected chi connectivity index (χ3v) is 2.84. The van der Waals surface area contributed by atoms with Crippen LogP contribution in [0.3, 0.4) is 0 Å². The summed E-state index contributed by atoms with van der Waals surface area (Å²) in [6.07, 6.45) is 3.62. The van der Waals surface area contributed by atoms with Crippen LogP contribution in [0, 0.1) is 0 Å². The number of nitrogens with one attached hydrogen (secondary N) is 1. The van der Waals surface area contributed by atoms with E-state index in [9.17, 15) is 4.79 Å². The maximum Gasteiger partial charge on any atom is 0.317 e. The van der Waals surface area contributed by atoms with Crippen LogP contribution >= 0.6 is 0 Å². The Kier molecular flexibility index (Phi) is 5.75. The highest BCUT2D eigenvalue weighted by Gasteiger charge is 2.21. The highest BCUT2D eigenvalue weighted by Crippen LogP contribution is 2.15. The van der Waals surface area contributed by atoms with Gasteiger partial charge >= 0.3 is 6.03 Å². The van der Waals surface area contributed by atoms with Crippen molar-refractivity contribution in [3.8, 4) is 0 Å². The van der Waals surface area contributed by atoms with Gasteiger partial charge in [-0.3, -0.25) is 0 Å². The van der Waals surface area contributed by atoms with Gasteiger partial charge in [0.15, 0.2) is 0 Å². The minimum Gasteiger partial charge on any atom is -0.375 e. The highest BCUT2D eigenvalue weighted by molar-refractivity contribution is 5.74. The van der Waals surface area contributed by atoms with E-state index in [2.05, 4.69) is 19.2 Å². The van der Waals surface area contributed by atoms with Crippen molar-refractivity contribution < 1.29 is 9.53 Å². The summed E-state index contributed by atoms with van der Waals surface area (Å²) in [5.74, 6) is 0. The van der Waals surface area contributed by atoms with Gasteiger partial charge in [0.25, 0.3) is 0 Å². The van der Waals surface area contributed by atoms with E-state index in [0.29, 0.717) is 6.10 Å². The number of urea groups is 1. The normalized spacial score (nSPS) is 21.8. The summed E-state index contributed by atoms with van der Waals surface area (Å²) in [6.45, 7) is 9.75. The van der Waals surface area contributed by atoms with Crippen LogP contribution in [-0.2, 0) is 4.74 Å². The summed E-state index contributed by atoms with van der Waals surface area (Å²) in [7, 11) is 0. The average molecular weight is 242 g/mol. The number of hydrogen-bond acceptors (Lipinski definition) is 2. The molecule has 0 aliphatic carbocycles. The van der Waals surface area contributed by atoms with Crippen LogP contribution in [0.15, 0.2) is 0 Å². The first-order chi connectivity index (χ1) is 7.99. The van der Waals surface area contributed by atoms with Gasteiger partial charge in [-0.25, -0.2) is 4.79 Å². The monoisotopic (exact) mass is 242 g/mol. The molecule has 1 atom stereocenters. The van der Waals surface area contributed by atoms with Gasteiger partial charge in [0.1, 0.15) is 0 Å². The van der Waals surface area contributed by atoms with Gasteiger partial charge in [-0.2, -0.15) is 0 Å². The third-order valence-electron chi connectivity index (χ3n) is 2.84. The summed E-state index contributed by atoms with van der Waals surface area (Å²) >= 11 is 0. The van der Waals surface area contributed by atoms with Crippen LogP contribution in [0.25, 0.3) is 0 Å². The smallest absolute Gasteiger partial charge is 0.317 e. The zero-order valence-corrected chi connectivity index (χ0v) is 11.5. The van der Waals surface area contributed by atoms with Crippen molar-refractivity contribution in [1.82, 2.24) is 10.2 Å². The number of ether oxygens (including phenoxy) is 1. The fourth-order valence-corrected chi connectivity index (χ4v) is 2.13. The van der Waals surface area contributed by atoms with Gasteiger partial charge in [-0.1, -0.05) is 0 Å². The molecule has 0 spiro atoms. The van der Waals surface area contributed by atoms with Crippen molar-refractivity contribution in [3.63, 3.8) is 0 Å². The zero-order valence-electron chi connectivity index (χ0n) is 11.5. The number of hydrogen-bond donors (Lipinski definition) is 1. The average Bonchev–Trinajstić information content (AvgIpc) is 2.41. The summed E-state index contributed by atoms with van der Waals surface area (Å²) in [5.41, 5.74) is 0. The lowest BCUT2D eigenvalue weighted by Crippen LogP contribution is -2.43. The van der Waals surface area contributed by atoms with Crippen molar-refractivity contribution in [3.05, 3.63) is 0 Å². The first-order valence-corrected chi connectivity index (χ1v) is 6.70. The van der Waals surface area contributed by atoms with E-state index in [-0.39, 0.29) is 18.2 Å². The molecule has 1 saturated heterocycles. The fraction of sp³-hybridized carbons (Fsp3) is 0.923. The molecule has 1 N–H and O–H groups in total. The Balaban J connectivity index is 2.39. The van der Waals surface area contributed by atoms with E-state index in [0.717, 1.165) is 32.4 Å². The van der Waals surface area contributed by atoms with Gasteiger partial charge in [0.2, 0.25) is 0 Å². The van der Waals surface area contributed by atoms with Crippen molar-refractivity contribution in [2.24, 2.45) is 0 Å². The Hall–Kier alpha value is -0.770. The molecule has 0 bridgehead atoms. The van der Waals surface area contributed by atoms with Gasteiger partial charge < -0.3 is 15.0 Å². The minimum atomic E-state index is 0.0604. The molecule has 1 rings (SSSR count). The first-order valence-electron chi connectivity index (χ1n) is 6.70. The number of rotatable bonds is 3. The molecular weight excluding hydrogens is 216 g/mol. The molecule has 0 aromatic heterocycles. The lowest BCUT2D eigenvalue weighted by molar-refractivity contribution is 0.000872. The second-order valence-corrected chi connectivity index (χ2v) is 5.33. The Bertz CT molecular complexity index is 242. The Labute approximate surface area is 105 Å². The topological polar surface area (TPSA) is 41.6 Å². The molecule has 1 heterocycles. The maximum absolute atomic E-state index is 11.9. The third kappa shape index (κ3) is 5.39. The molecule has 17 heavy (non-hydrogen) atoms. The lowest BCUT2D eigenvalue weighted by atomic mass is 10.1. The minimum absolute atomic E-state index is 0.0604. The molecule has 1 unspecified atom stereocenters. The zero-order chi connectivity index (χ0) is 12.8. The number of nitrogens with zero attached hydrogens (tertiary/aromatic N) is 1. The summed E-state index contributed by atoms with van der Waals surface area (Å²) in [6, 6.07) is 0.263. The molecule has 0 saturated carbocycles. The number of likely N-dealkylation sites (tertiary alicyclic amines) is 1. The molecule has 1 aliphatic heterocycles. The Morgan fingerprint density at radius 3 is 2.53 bits per heavy atom. The van der Waals surface area contributed by atoms with Gasteiger partial charge in [0.05, 0.1) is 12.2 Å². The second kappa shape index (κ2) is 6.84. The Morgan fingerprint density at radius 1 is 1.24 bits per heavy atom. The van der Waals surface area contributed by atoms with Crippen molar-refractivity contribution >= 4 is 6.03 Å². The molecule has 1 aliphatic rings.